The van der Waals surface area contributed by atoms with Gasteiger partial charge in [-0.3, -0.25) is 0 Å². The topological polar surface area (TPSA) is 63.5 Å². The van der Waals surface area contributed by atoms with Crippen molar-refractivity contribution in [3.8, 4) is 5.75 Å². The molecule has 0 aliphatic carbocycles. The number of carbonyl (C=O) groups excluding carboxylic acids is 1. The third kappa shape index (κ3) is 2.77. The van der Waals surface area contributed by atoms with Gasteiger partial charge in [0.15, 0.2) is 0 Å². The predicted octanol–water partition coefficient (Wildman–Crippen LogP) is 2.60. The van der Waals surface area contributed by atoms with Gasteiger partial charge in [-0.05, 0) is 12.1 Å². The Balaban J connectivity index is 1.59. The molecule has 1 aliphatic rings. The summed E-state index contributed by atoms with van der Waals surface area (Å²) in [5.41, 5.74) is 1.96. The van der Waals surface area contributed by atoms with Crippen molar-refractivity contribution in [2.24, 2.45) is 0 Å². The molecule has 0 fully saturated rings. The number of nitrogens with one attached hydrogen (secondary N) is 2. The van der Waals surface area contributed by atoms with E-state index in [1.165, 1.54) is 0 Å². The van der Waals surface area contributed by atoms with Gasteiger partial charge < -0.3 is 19.8 Å². The molecule has 0 saturated heterocycles. The minimum absolute atomic E-state index is 0.00991. The van der Waals surface area contributed by atoms with Crippen LogP contribution in [0.5, 0.6) is 5.75 Å². The Morgan fingerprint density at radius 2 is 2.20 bits per heavy atom. The van der Waals surface area contributed by atoms with E-state index in [1.54, 1.807) is 12.5 Å². The minimum Gasteiger partial charge on any atom is -0.493 e. The van der Waals surface area contributed by atoms with Crippen LogP contribution in [0, 0.1) is 0 Å². The number of fused-ring (bicyclic) bond motifs is 1. The van der Waals surface area contributed by atoms with Gasteiger partial charge >= 0.3 is 6.03 Å². The molecule has 2 aromatic rings. The Hall–Kier alpha value is -2.43. The highest BCUT2D eigenvalue weighted by Crippen LogP contribution is 2.31. The van der Waals surface area contributed by atoms with Crippen molar-refractivity contribution in [1.82, 2.24) is 10.6 Å². The Bertz CT molecular complexity index is 581. The third-order valence-corrected chi connectivity index (χ3v) is 3.30. The van der Waals surface area contributed by atoms with Crippen LogP contribution in [-0.2, 0) is 6.54 Å². The zero-order valence-corrected chi connectivity index (χ0v) is 11.0. The summed E-state index contributed by atoms with van der Waals surface area (Å²) in [6.45, 7) is 1.07. The van der Waals surface area contributed by atoms with Gasteiger partial charge in [-0.25, -0.2) is 4.79 Å². The van der Waals surface area contributed by atoms with Gasteiger partial charge in [0, 0.05) is 24.1 Å². The van der Waals surface area contributed by atoms with Crippen molar-refractivity contribution in [3.05, 3.63) is 54.0 Å². The second-order valence-corrected chi connectivity index (χ2v) is 4.69. The molecule has 0 saturated carbocycles. The minimum atomic E-state index is -0.187. The number of hydrogen-bond donors (Lipinski definition) is 2. The SMILES string of the molecule is O=C(NCc1ccoc1)N[C@@H]1CCOc2ccccc21. The van der Waals surface area contributed by atoms with E-state index in [-0.39, 0.29) is 12.1 Å². The number of ether oxygens (including phenoxy) is 1. The molecule has 104 valence electrons. The average molecular weight is 272 g/mol. The number of amides is 2. The Kier molecular flexibility index (Phi) is 3.58. The van der Waals surface area contributed by atoms with Crippen molar-refractivity contribution in [2.45, 2.75) is 19.0 Å². The second kappa shape index (κ2) is 5.69. The van der Waals surface area contributed by atoms with Crippen molar-refractivity contribution in [3.63, 3.8) is 0 Å². The van der Waals surface area contributed by atoms with Gasteiger partial charge in [-0.15, -0.1) is 0 Å². The summed E-state index contributed by atoms with van der Waals surface area (Å²) in [5, 5.41) is 5.79. The smallest absolute Gasteiger partial charge is 0.315 e. The lowest BCUT2D eigenvalue weighted by Crippen LogP contribution is -2.39. The van der Waals surface area contributed by atoms with Gasteiger partial charge in [0.1, 0.15) is 5.75 Å². The molecule has 2 amide bonds. The molecule has 1 aromatic carbocycles. The maximum absolute atomic E-state index is 11.9. The first-order valence-electron chi connectivity index (χ1n) is 6.60. The Morgan fingerprint density at radius 1 is 1.30 bits per heavy atom. The summed E-state index contributed by atoms with van der Waals surface area (Å²) in [6, 6.07) is 9.41. The van der Waals surface area contributed by atoms with Crippen LogP contribution in [0.2, 0.25) is 0 Å². The van der Waals surface area contributed by atoms with Crippen molar-refractivity contribution in [1.29, 1.82) is 0 Å². The standard InChI is InChI=1S/C15H16N2O3/c18-15(16-9-11-5-7-19-10-11)17-13-6-8-20-14-4-2-1-3-12(13)14/h1-5,7,10,13H,6,8-9H2,(H2,16,17,18)/t13-/m1/s1. The van der Waals surface area contributed by atoms with Crippen LogP contribution in [-0.4, -0.2) is 12.6 Å². The fourth-order valence-electron chi connectivity index (χ4n) is 2.28. The normalized spacial score (nSPS) is 16.9. The molecule has 5 nitrogen and oxygen atoms in total. The molecule has 20 heavy (non-hydrogen) atoms. The third-order valence-electron chi connectivity index (χ3n) is 3.30. The van der Waals surface area contributed by atoms with E-state index < -0.39 is 0 Å². The van der Waals surface area contributed by atoms with Crippen LogP contribution in [0.1, 0.15) is 23.6 Å². The van der Waals surface area contributed by atoms with Crippen LogP contribution in [0.25, 0.3) is 0 Å². The molecular weight excluding hydrogens is 256 g/mol. The fourth-order valence-corrected chi connectivity index (χ4v) is 2.28. The predicted molar refractivity (Wildman–Crippen MR) is 73.4 cm³/mol. The number of rotatable bonds is 3. The summed E-state index contributed by atoms with van der Waals surface area (Å²) in [6.07, 6.45) is 3.98. The summed E-state index contributed by atoms with van der Waals surface area (Å²) in [7, 11) is 0. The average Bonchev–Trinajstić information content (AvgIpc) is 2.99. The molecule has 5 heteroatoms. The summed E-state index contributed by atoms with van der Waals surface area (Å²) in [5.74, 6) is 0.846. The maximum Gasteiger partial charge on any atom is 0.315 e. The summed E-state index contributed by atoms with van der Waals surface area (Å²) >= 11 is 0. The van der Waals surface area contributed by atoms with Gasteiger partial charge in [-0.2, -0.15) is 0 Å². The highest BCUT2D eigenvalue weighted by molar-refractivity contribution is 5.74. The first kappa shape index (κ1) is 12.6. The van der Waals surface area contributed by atoms with E-state index in [0.29, 0.717) is 13.2 Å². The zero-order valence-electron chi connectivity index (χ0n) is 11.0. The van der Waals surface area contributed by atoms with E-state index in [1.807, 2.05) is 30.3 Å². The lowest BCUT2D eigenvalue weighted by molar-refractivity contribution is 0.223. The largest absolute Gasteiger partial charge is 0.493 e. The van der Waals surface area contributed by atoms with Crippen molar-refractivity contribution < 1.29 is 13.9 Å². The van der Waals surface area contributed by atoms with Crippen LogP contribution in [0.15, 0.2) is 47.3 Å². The molecule has 0 bridgehead atoms. The molecule has 0 unspecified atom stereocenters. The van der Waals surface area contributed by atoms with E-state index in [4.69, 9.17) is 9.15 Å². The fraction of sp³-hybridized carbons (Fsp3) is 0.267. The summed E-state index contributed by atoms with van der Waals surface area (Å²) < 4.78 is 10.5. The lowest BCUT2D eigenvalue weighted by Gasteiger charge is -2.26. The van der Waals surface area contributed by atoms with Gasteiger partial charge in [-0.1, -0.05) is 18.2 Å². The molecule has 2 N–H and O–H groups in total. The molecular formula is C15H16N2O3. The molecule has 2 heterocycles. The first-order chi connectivity index (χ1) is 9.83. The van der Waals surface area contributed by atoms with E-state index in [9.17, 15) is 4.79 Å². The highest BCUT2D eigenvalue weighted by atomic mass is 16.5. The molecule has 0 radical (unpaired) electrons. The maximum atomic E-state index is 11.9. The van der Waals surface area contributed by atoms with Crippen LogP contribution >= 0.6 is 0 Å². The number of para-hydroxylation sites is 1. The van der Waals surface area contributed by atoms with Crippen LogP contribution < -0.4 is 15.4 Å². The molecule has 1 atom stereocenters. The molecule has 0 spiro atoms. The number of hydrogen-bond acceptors (Lipinski definition) is 3. The first-order valence-corrected chi connectivity index (χ1v) is 6.60. The summed E-state index contributed by atoms with van der Waals surface area (Å²) in [4.78, 5) is 11.9. The number of carbonyl (C=O) groups is 1. The monoisotopic (exact) mass is 272 g/mol. The van der Waals surface area contributed by atoms with Gasteiger partial charge in [0.2, 0.25) is 0 Å². The molecule has 1 aromatic heterocycles. The molecule has 1 aliphatic heterocycles. The van der Waals surface area contributed by atoms with Crippen LogP contribution in [0.3, 0.4) is 0 Å². The quantitative estimate of drug-likeness (QED) is 0.902. The Morgan fingerprint density at radius 3 is 3.05 bits per heavy atom. The number of benzene rings is 1. The lowest BCUT2D eigenvalue weighted by atomic mass is 10.0. The highest BCUT2D eigenvalue weighted by Gasteiger charge is 2.22. The number of urea groups is 1. The van der Waals surface area contributed by atoms with Crippen molar-refractivity contribution in [2.75, 3.05) is 6.61 Å². The van der Waals surface area contributed by atoms with Crippen molar-refractivity contribution >= 4 is 6.03 Å². The Labute approximate surface area is 116 Å². The van der Waals surface area contributed by atoms with Gasteiger partial charge in [0.25, 0.3) is 0 Å². The van der Waals surface area contributed by atoms with E-state index in [0.717, 1.165) is 23.3 Å². The van der Waals surface area contributed by atoms with Gasteiger partial charge in [0.05, 0.1) is 25.2 Å². The zero-order chi connectivity index (χ0) is 13.8. The van der Waals surface area contributed by atoms with Crippen LogP contribution in [0.4, 0.5) is 4.79 Å². The van der Waals surface area contributed by atoms with E-state index >= 15 is 0 Å². The second-order valence-electron chi connectivity index (χ2n) is 4.69. The molecule has 3 rings (SSSR count). The number of furan rings is 1. The van der Waals surface area contributed by atoms with E-state index in [2.05, 4.69) is 10.6 Å².